The highest BCUT2D eigenvalue weighted by atomic mass is 32.2. The molecule has 8 rings (SSSR count). The second-order valence-electron chi connectivity index (χ2n) is 12.6. The van der Waals surface area contributed by atoms with Gasteiger partial charge in [-0.2, -0.15) is 0 Å². The molecular weight excluding hydrogens is 585 g/mol. The number of rotatable bonds is 8. The summed E-state index contributed by atoms with van der Waals surface area (Å²) >= 11 is 1.63. The third-order valence-corrected chi connectivity index (χ3v) is 10.9. The quantitative estimate of drug-likeness (QED) is 0.152. The molecular formula is C46H36S. The molecule has 0 fully saturated rings. The maximum atomic E-state index is 4.51. The minimum absolute atomic E-state index is 0.916. The van der Waals surface area contributed by atoms with Gasteiger partial charge in [-0.3, -0.25) is 0 Å². The molecule has 5 aromatic carbocycles. The molecule has 0 unspecified atom stereocenters. The van der Waals surface area contributed by atoms with Crippen LogP contribution in [0.2, 0.25) is 0 Å². The normalized spacial score (nSPS) is 14.4. The van der Waals surface area contributed by atoms with E-state index in [4.69, 9.17) is 0 Å². The van der Waals surface area contributed by atoms with E-state index in [0.29, 0.717) is 0 Å². The van der Waals surface area contributed by atoms with Crippen molar-refractivity contribution >= 4 is 34.2 Å². The Balaban J connectivity index is 1.10. The van der Waals surface area contributed by atoms with Crippen molar-refractivity contribution in [2.75, 3.05) is 0 Å². The Labute approximate surface area is 282 Å². The Bertz CT molecular complexity index is 2300. The first-order valence-electron chi connectivity index (χ1n) is 16.4. The van der Waals surface area contributed by atoms with Gasteiger partial charge >= 0.3 is 0 Å². The van der Waals surface area contributed by atoms with Gasteiger partial charge in [0.1, 0.15) is 0 Å². The van der Waals surface area contributed by atoms with Crippen LogP contribution >= 0.6 is 11.8 Å². The Morgan fingerprint density at radius 2 is 1.43 bits per heavy atom. The van der Waals surface area contributed by atoms with Gasteiger partial charge in [-0.15, -0.1) is 0 Å². The first-order chi connectivity index (χ1) is 23.0. The molecule has 1 heteroatoms. The van der Waals surface area contributed by atoms with Crippen LogP contribution in [0.1, 0.15) is 41.2 Å². The van der Waals surface area contributed by atoms with Gasteiger partial charge in [-0.05, 0) is 133 Å². The molecule has 0 radical (unpaired) electrons. The summed E-state index contributed by atoms with van der Waals surface area (Å²) in [4.78, 5) is 1.94. The molecule has 0 aromatic heterocycles. The zero-order chi connectivity index (χ0) is 32.1. The molecule has 226 valence electrons. The minimum atomic E-state index is 0.916. The van der Waals surface area contributed by atoms with Crippen molar-refractivity contribution in [3.63, 3.8) is 0 Å². The van der Waals surface area contributed by atoms with Crippen LogP contribution in [0, 0.1) is 0 Å². The Hall–Kier alpha value is -5.11. The number of hydrogen-bond donors (Lipinski definition) is 0. The molecule has 0 heterocycles. The minimum Gasteiger partial charge on any atom is -0.0991 e. The van der Waals surface area contributed by atoms with Crippen molar-refractivity contribution in [2.45, 2.75) is 26.2 Å². The zero-order valence-corrected chi connectivity index (χ0v) is 27.6. The van der Waals surface area contributed by atoms with Crippen molar-refractivity contribution in [3.05, 3.63) is 190 Å². The van der Waals surface area contributed by atoms with Gasteiger partial charge in [0.15, 0.2) is 0 Å². The second-order valence-corrected chi connectivity index (χ2v) is 13.8. The molecule has 47 heavy (non-hydrogen) atoms. The molecule has 0 aliphatic heterocycles. The van der Waals surface area contributed by atoms with E-state index in [1.165, 1.54) is 83.1 Å². The molecule has 3 aliphatic rings. The van der Waals surface area contributed by atoms with Gasteiger partial charge in [-0.25, -0.2) is 0 Å². The predicted molar refractivity (Wildman–Crippen MR) is 206 cm³/mol. The van der Waals surface area contributed by atoms with Crippen LogP contribution in [0.3, 0.4) is 0 Å². The summed E-state index contributed by atoms with van der Waals surface area (Å²) in [5.41, 5.74) is 18.7. The summed E-state index contributed by atoms with van der Waals surface area (Å²) in [7, 11) is 0. The predicted octanol–water partition coefficient (Wildman–Crippen LogP) is 12.9. The van der Waals surface area contributed by atoms with Gasteiger partial charge in [0.2, 0.25) is 0 Å². The van der Waals surface area contributed by atoms with Crippen molar-refractivity contribution in [3.8, 4) is 33.4 Å². The lowest BCUT2D eigenvalue weighted by atomic mass is 9.86. The lowest BCUT2D eigenvalue weighted by molar-refractivity contribution is 0.939. The number of aryl methyl sites for hydroxylation is 1. The highest BCUT2D eigenvalue weighted by Gasteiger charge is 2.29. The van der Waals surface area contributed by atoms with Gasteiger partial charge in [0, 0.05) is 9.81 Å². The fraction of sp³-hybridized carbons (Fsp3) is 0.0870. The number of benzene rings is 5. The Kier molecular flexibility index (Phi) is 7.43. The van der Waals surface area contributed by atoms with E-state index in [1.807, 2.05) is 12.2 Å². The summed E-state index contributed by atoms with van der Waals surface area (Å²) in [6.45, 7) is 15.1. The van der Waals surface area contributed by atoms with E-state index < -0.39 is 0 Å². The van der Waals surface area contributed by atoms with E-state index in [1.54, 1.807) is 11.8 Å². The molecule has 3 aliphatic carbocycles. The van der Waals surface area contributed by atoms with E-state index in [-0.39, 0.29) is 0 Å². The largest absolute Gasteiger partial charge is 0.0991 e. The molecule has 0 saturated heterocycles. The Morgan fingerprint density at radius 1 is 0.702 bits per heavy atom. The maximum absolute atomic E-state index is 4.51. The van der Waals surface area contributed by atoms with Crippen molar-refractivity contribution in [2.24, 2.45) is 0 Å². The van der Waals surface area contributed by atoms with E-state index in [0.717, 1.165) is 34.6 Å². The Morgan fingerprint density at radius 3 is 2.26 bits per heavy atom. The van der Waals surface area contributed by atoms with Crippen LogP contribution < -0.4 is 0 Å². The van der Waals surface area contributed by atoms with Gasteiger partial charge in [0.25, 0.3) is 0 Å². The molecule has 0 nitrogen and oxygen atoms in total. The lowest BCUT2D eigenvalue weighted by Crippen LogP contribution is -2.01. The monoisotopic (exact) mass is 620 g/mol. The third-order valence-electron chi connectivity index (χ3n) is 9.97. The summed E-state index contributed by atoms with van der Waals surface area (Å²) in [6, 6.07) is 33.5. The molecule has 0 bridgehead atoms. The topological polar surface area (TPSA) is 0 Å². The summed E-state index contributed by atoms with van der Waals surface area (Å²) in [6.07, 6.45) is 15.7. The van der Waals surface area contributed by atoms with Gasteiger partial charge in [-0.1, -0.05) is 141 Å². The number of thioether (sulfide) groups is 1. The van der Waals surface area contributed by atoms with E-state index in [9.17, 15) is 0 Å². The van der Waals surface area contributed by atoms with Crippen LogP contribution in [-0.4, -0.2) is 0 Å². The van der Waals surface area contributed by atoms with Crippen LogP contribution in [0.25, 0.3) is 55.8 Å². The van der Waals surface area contributed by atoms with E-state index in [2.05, 4.69) is 142 Å². The molecule has 0 amide bonds. The fourth-order valence-corrected chi connectivity index (χ4v) is 8.37. The average Bonchev–Trinajstić information content (AvgIpc) is 3.64. The molecule has 0 spiro atoms. The standard InChI is InChI=1S/C46H36S/c1-5-6-13-34(31(4)47-29(2)22-23-32-24-25-33-14-7-8-16-36(33)30(32)3)26-35-15-11-19-39-42(35)27-44-41-21-12-20-40-37-17-9-10-18-38(37)45(46(40)41)28-43(39)44/h5-23,26,28H,1-2,4,24-25,27H2,3H3/b13-6-,23-22-,34-26?. The smallest absolute Gasteiger partial charge is 0.0122 e. The molecule has 0 N–H and O–H groups in total. The fourth-order valence-electron chi connectivity index (χ4n) is 7.68. The van der Waals surface area contributed by atoms with Gasteiger partial charge < -0.3 is 0 Å². The highest BCUT2D eigenvalue weighted by molar-refractivity contribution is 8.07. The third kappa shape index (κ3) is 5.03. The number of hydrogen-bond acceptors (Lipinski definition) is 1. The first kappa shape index (κ1) is 29.3. The van der Waals surface area contributed by atoms with Crippen LogP contribution in [0.5, 0.6) is 0 Å². The molecule has 0 atom stereocenters. The van der Waals surface area contributed by atoms with Crippen molar-refractivity contribution in [1.82, 2.24) is 0 Å². The average molecular weight is 621 g/mol. The van der Waals surface area contributed by atoms with Crippen molar-refractivity contribution < 1.29 is 0 Å². The maximum Gasteiger partial charge on any atom is 0.0122 e. The van der Waals surface area contributed by atoms with Crippen LogP contribution in [0.15, 0.2) is 162 Å². The van der Waals surface area contributed by atoms with Crippen molar-refractivity contribution in [1.29, 1.82) is 0 Å². The van der Waals surface area contributed by atoms with Gasteiger partial charge in [0.05, 0.1) is 0 Å². The number of fused-ring (bicyclic) bond motifs is 8. The number of allylic oxidation sites excluding steroid dienone is 8. The summed E-state index contributed by atoms with van der Waals surface area (Å²) in [5.74, 6) is 0. The summed E-state index contributed by atoms with van der Waals surface area (Å²) < 4.78 is 0. The van der Waals surface area contributed by atoms with Crippen LogP contribution in [-0.2, 0) is 12.8 Å². The summed E-state index contributed by atoms with van der Waals surface area (Å²) in [5, 5.41) is 2.77. The zero-order valence-electron chi connectivity index (χ0n) is 26.8. The van der Waals surface area contributed by atoms with E-state index >= 15 is 0 Å². The SMILES string of the molecule is C=C/C=C\C(=Cc1cccc2c1Cc1c-2cc2c3c(cccc13)-c1ccccc1-2)C(=C)SC(=C)/C=C\C1=C(C)c2ccccc2CC1. The van der Waals surface area contributed by atoms with Crippen LogP contribution in [0.4, 0.5) is 0 Å². The molecule has 5 aromatic rings. The lowest BCUT2D eigenvalue weighted by Gasteiger charge is -2.19. The first-order valence-corrected chi connectivity index (χ1v) is 17.2. The highest BCUT2D eigenvalue weighted by Crippen LogP contribution is 2.53. The molecule has 0 saturated carbocycles. The second kappa shape index (κ2) is 11.9.